The Morgan fingerprint density at radius 2 is 1.63 bits per heavy atom. The molecule has 2 nitrogen and oxygen atoms in total. The van der Waals surface area contributed by atoms with E-state index in [1.54, 1.807) is 0 Å². The van der Waals surface area contributed by atoms with E-state index < -0.39 is 0 Å². The third-order valence-corrected chi connectivity index (χ3v) is 3.80. The summed E-state index contributed by atoms with van der Waals surface area (Å²) in [4.78, 5) is 0. The summed E-state index contributed by atoms with van der Waals surface area (Å²) in [5, 5.41) is 3.60. The van der Waals surface area contributed by atoms with Gasteiger partial charge in [-0.25, -0.2) is 0 Å². The Morgan fingerprint density at radius 3 is 2.16 bits per heavy atom. The van der Waals surface area contributed by atoms with Crippen LogP contribution in [0.3, 0.4) is 0 Å². The zero-order chi connectivity index (χ0) is 14.4. The number of ether oxygens (including phenoxy) is 1. The summed E-state index contributed by atoms with van der Waals surface area (Å²) < 4.78 is 5.92. The summed E-state index contributed by atoms with van der Waals surface area (Å²) in [5.41, 5.74) is 5.45. The number of benzene rings is 1. The molecule has 1 aromatic rings. The average molecular weight is 263 g/mol. The molecule has 0 spiro atoms. The van der Waals surface area contributed by atoms with E-state index in [0.717, 1.165) is 19.6 Å². The van der Waals surface area contributed by atoms with Crippen molar-refractivity contribution < 1.29 is 4.74 Å². The predicted molar refractivity (Wildman–Crippen MR) is 82.8 cm³/mol. The van der Waals surface area contributed by atoms with Crippen molar-refractivity contribution in [1.82, 2.24) is 5.32 Å². The maximum atomic E-state index is 5.92. The minimum absolute atomic E-state index is 0.241. The Morgan fingerprint density at radius 1 is 1.00 bits per heavy atom. The molecule has 0 amide bonds. The zero-order valence-corrected chi connectivity index (χ0v) is 13.3. The second kappa shape index (κ2) is 7.66. The van der Waals surface area contributed by atoms with Crippen LogP contribution in [-0.4, -0.2) is 19.3 Å². The Hall–Kier alpha value is -0.860. The third kappa shape index (κ3) is 4.05. The molecule has 0 aliphatic rings. The Balaban J connectivity index is 3.13. The summed E-state index contributed by atoms with van der Waals surface area (Å²) in [5.74, 6) is 0. The number of nitrogens with one attached hydrogen (secondary N) is 1. The van der Waals surface area contributed by atoms with E-state index in [9.17, 15) is 0 Å². The number of hydrogen-bond donors (Lipinski definition) is 1. The van der Waals surface area contributed by atoms with Gasteiger partial charge in [-0.15, -0.1) is 0 Å². The molecule has 108 valence electrons. The van der Waals surface area contributed by atoms with Crippen molar-refractivity contribution in [2.24, 2.45) is 0 Å². The van der Waals surface area contributed by atoms with Gasteiger partial charge in [0.2, 0.25) is 0 Å². The lowest BCUT2D eigenvalue weighted by Gasteiger charge is -2.29. The van der Waals surface area contributed by atoms with E-state index in [2.05, 4.69) is 59.0 Å². The summed E-state index contributed by atoms with van der Waals surface area (Å²) in [6.45, 7) is 14.7. The molecule has 1 aromatic carbocycles. The largest absolute Gasteiger partial charge is 0.377 e. The lowest BCUT2D eigenvalue weighted by molar-refractivity contribution is 0.0316. The molecule has 0 aliphatic heterocycles. The normalized spacial score (nSPS) is 14.4. The fourth-order valence-corrected chi connectivity index (χ4v) is 2.64. The van der Waals surface area contributed by atoms with E-state index >= 15 is 0 Å². The fraction of sp³-hybridized carbons (Fsp3) is 0.647. The molecule has 19 heavy (non-hydrogen) atoms. The molecule has 0 saturated carbocycles. The summed E-state index contributed by atoms with van der Waals surface area (Å²) in [6, 6.07) is 4.89. The van der Waals surface area contributed by atoms with Crippen LogP contribution in [0.15, 0.2) is 12.1 Å². The van der Waals surface area contributed by atoms with Crippen molar-refractivity contribution in [3.63, 3.8) is 0 Å². The van der Waals surface area contributed by atoms with Gasteiger partial charge in [-0.3, -0.25) is 0 Å². The fourth-order valence-electron chi connectivity index (χ4n) is 2.64. The lowest BCUT2D eigenvalue weighted by atomic mass is 9.92. The zero-order valence-electron chi connectivity index (χ0n) is 13.3. The van der Waals surface area contributed by atoms with E-state index in [0.29, 0.717) is 0 Å². The Labute approximate surface area is 118 Å². The van der Waals surface area contributed by atoms with Crippen molar-refractivity contribution in [2.45, 2.75) is 60.1 Å². The minimum atomic E-state index is 0.241. The molecule has 2 heteroatoms. The molecule has 0 bridgehead atoms. The average Bonchev–Trinajstić information content (AvgIpc) is 2.38. The molecule has 1 N–H and O–H groups in total. The second-order valence-electron chi connectivity index (χ2n) is 5.23. The first kappa shape index (κ1) is 16.2. The van der Waals surface area contributed by atoms with Crippen LogP contribution in [0.4, 0.5) is 0 Å². The van der Waals surface area contributed by atoms with Crippen molar-refractivity contribution in [2.75, 3.05) is 13.2 Å². The van der Waals surface area contributed by atoms with Gasteiger partial charge in [0.1, 0.15) is 0 Å². The van der Waals surface area contributed by atoms with Crippen LogP contribution in [0.2, 0.25) is 0 Å². The van der Waals surface area contributed by atoms with Crippen LogP contribution >= 0.6 is 0 Å². The number of rotatable bonds is 7. The molecule has 0 heterocycles. The lowest BCUT2D eigenvalue weighted by Crippen LogP contribution is -2.34. The standard InChI is InChI=1S/C17H29NO/c1-7-16(19-9-3)17(18-8-2)15-11-13(5)12(4)10-14(15)6/h10-11,16-18H,7-9H2,1-6H3. The first-order valence-corrected chi connectivity index (χ1v) is 7.47. The molecular weight excluding hydrogens is 234 g/mol. The highest BCUT2D eigenvalue weighted by molar-refractivity contribution is 5.38. The van der Waals surface area contributed by atoms with Crippen LogP contribution < -0.4 is 5.32 Å². The van der Waals surface area contributed by atoms with Gasteiger partial charge in [0.15, 0.2) is 0 Å². The van der Waals surface area contributed by atoms with E-state index in [4.69, 9.17) is 4.74 Å². The highest BCUT2D eigenvalue weighted by Gasteiger charge is 2.23. The van der Waals surface area contributed by atoms with Crippen molar-refractivity contribution in [1.29, 1.82) is 0 Å². The molecule has 1 rings (SSSR count). The van der Waals surface area contributed by atoms with Gasteiger partial charge in [0.05, 0.1) is 12.1 Å². The van der Waals surface area contributed by atoms with Crippen molar-refractivity contribution in [3.8, 4) is 0 Å². The van der Waals surface area contributed by atoms with Gasteiger partial charge in [-0.2, -0.15) is 0 Å². The van der Waals surface area contributed by atoms with Gasteiger partial charge < -0.3 is 10.1 Å². The van der Waals surface area contributed by atoms with E-state index in [1.807, 2.05) is 0 Å². The van der Waals surface area contributed by atoms with Gasteiger partial charge in [0, 0.05) is 6.61 Å². The van der Waals surface area contributed by atoms with E-state index in [-0.39, 0.29) is 12.1 Å². The smallest absolute Gasteiger partial charge is 0.0767 e. The Kier molecular flexibility index (Phi) is 6.53. The quantitative estimate of drug-likeness (QED) is 0.800. The third-order valence-electron chi connectivity index (χ3n) is 3.80. The summed E-state index contributed by atoms with van der Waals surface area (Å²) >= 11 is 0. The SMILES string of the molecule is CCNC(c1cc(C)c(C)cc1C)C(CC)OCC. The molecule has 0 aliphatic carbocycles. The molecular formula is C17H29NO. The van der Waals surface area contributed by atoms with Crippen LogP contribution in [0.1, 0.15) is 55.5 Å². The van der Waals surface area contributed by atoms with Crippen LogP contribution in [-0.2, 0) is 4.74 Å². The molecule has 0 saturated heterocycles. The highest BCUT2D eigenvalue weighted by atomic mass is 16.5. The first-order chi connectivity index (χ1) is 9.04. The van der Waals surface area contributed by atoms with Gasteiger partial charge in [-0.05, 0) is 62.9 Å². The predicted octanol–water partition coefficient (Wildman–Crippen LogP) is 4.08. The number of hydrogen-bond acceptors (Lipinski definition) is 2. The van der Waals surface area contributed by atoms with Crippen LogP contribution in [0.25, 0.3) is 0 Å². The summed E-state index contributed by atoms with van der Waals surface area (Å²) in [6.07, 6.45) is 1.27. The molecule has 0 fully saturated rings. The van der Waals surface area contributed by atoms with Crippen LogP contribution in [0.5, 0.6) is 0 Å². The number of likely N-dealkylation sites (N-methyl/N-ethyl adjacent to an activating group) is 1. The minimum Gasteiger partial charge on any atom is -0.377 e. The number of aryl methyl sites for hydroxylation is 3. The monoisotopic (exact) mass is 263 g/mol. The summed E-state index contributed by atoms with van der Waals surface area (Å²) in [7, 11) is 0. The maximum absolute atomic E-state index is 5.92. The van der Waals surface area contributed by atoms with Gasteiger partial charge in [-0.1, -0.05) is 26.0 Å². The topological polar surface area (TPSA) is 21.3 Å². The molecule has 0 aromatic heterocycles. The van der Waals surface area contributed by atoms with Gasteiger partial charge >= 0.3 is 0 Å². The Bertz CT molecular complexity index is 400. The van der Waals surface area contributed by atoms with Crippen molar-refractivity contribution >= 4 is 0 Å². The van der Waals surface area contributed by atoms with E-state index in [1.165, 1.54) is 22.3 Å². The van der Waals surface area contributed by atoms with Crippen molar-refractivity contribution in [3.05, 3.63) is 34.4 Å². The first-order valence-electron chi connectivity index (χ1n) is 7.47. The second-order valence-corrected chi connectivity index (χ2v) is 5.23. The highest BCUT2D eigenvalue weighted by Crippen LogP contribution is 2.27. The molecule has 0 radical (unpaired) electrons. The molecule has 2 unspecified atom stereocenters. The molecule has 2 atom stereocenters. The maximum Gasteiger partial charge on any atom is 0.0767 e. The van der Waals surface area contributed by atoms with Crippen LogP contribution in [0, 0.1) is 20.8 Å². The van der Waals surface area contributed by atoms with Gasteiger partial charge in [0.25, 0.3) is 0 Å².